The maximum atomic E-state index is 12.0. The zero-order valence-electron chi connectivity index (χ0n) is 13.1. The van der Waals surface area contributed by atoms with Gasteiger partial charge in [-0.1, -0.05) is 31.2 Å². The number of benzene rings is 1. The third kappa shape index (κ3) is 3.63. The van der Waals surface area contributed by atoms with Crippen LogP contribution in [0.5, 0.6) is 0 Å². The summed E-state index contributed by atoms with van der Waals surface area (Å²) < 4.78 is 0. The quantitative estimate of drug-likeness (QED) is 0.920. The Bertz CT molecular complexity index is 650. The second-order valence-electron chi connectivity index (χ2n) is 6.22. The zero-order chi connectivity index (χ0) is 15.4. The lowest BCUT2D eigenvalue weighted by atomic mass is 10.1. The molecule has 1 unspecified atom stereocenters. The summed E-state index contributed by atoms with van der Waals surface area (Å²) in [6, 6.07) is 10.2. The normalized spacial score (nSPS) is 18.7. The fourth-order valence-electron chi connectivity index (χ4n) is 3.13. The number of rotatable bonds is 5. The SMILES string of the molecule is CC1CCN(CC(=O)NCCc2cccc3cccnc23)C1. The van der Waals surface area contributed by atoms with Gasteiger partial charge < -0.3 is 5.32 Å². The van der Waals surface area contributed by atoms with Gasteiger partial charge in [0.05, 0.1) is 12.1 Å². The van der Waals surface area contributed by atoms with Crippen molar-refractivity contribution in [3.05, 3.63) is 42.1 Å². The van der Waals surface area contributed by atoms with E-state index in [0.29, 0.717) is 13.1 Å². The minimum atomic E-state index is 0.127. The van der Waals surface area contributed by atoms with Crippen LogP contribution in [0.3, 0.4) is 0 Å². The monoisotopic (exact) mass is 297 g/mol. The van der Waals surface area contributed by atoms with Crippen LogP contribution < -0.4 is 5.32 Å². The average molecular weight is 297 g/mol. The molecule has 1 fully saturated rings. The number of hydrogen-bond acceptors (Lipinski definition) is 3. The summed E-state index contributed by atoms with van der Waals surface area (Å²) in [4.78, 5) is 18.7. The molecular weight excluding hydrogens is 274 g/mol. The first-order chi connectivity index (χ1) is 10.7. The molecule has 1 aliphatic heterocycles. The van der Waals surface area contributed by atoms with Gasteiger partial charge in [-0.05, 0) is 36.9 Å². The lowest BCUT2D eigenvalue weighted by Crippen LogP contribution is -2.36. The number of nitrogens with zero attached hydrogens (tertiary/aromatic N) is 2. The fourth-order valence-corrected chi connectivity index (χ4v) is 3.13. The predicted octanol–water partition coefficient (Wildman–Crippen LogP) is 2.24. The molecule has 0 radical (unpaired) electrons. The van der Waals surface area contributed by atoms with Crippen molar-refractivity contribution in [3.63, 3.8) is 0 Å². The van der Waals surface area contributed by atoms with Crippen molar-refractivity contribution in [2.24, 2.45) is 5.92 Å². The summed E-state index contributed by atoms with van der Waals surface area (Å²) in [6.45, 7) is 5.52. The minimum absolute atomic E-state index is 0.127. The maximum absolute atomic E-state index is 12.0. The standard InChI is InChI=1S/C18H23N3O/c1-14-8-11-21(12-14)13-17(22)19-10-7-16-5-2-4-15-6-3-9-20-18(15)16/h2-6,9,14H,7-8,10-13H2,1H3,(H,19,22). The molecule has 0 saturated carbocycles. The summed E-state index contributed by atoms with van der Waals surface area (Å²) in [5.41, 5.74) is 2.22. The molecule has 4 heteroatoms. The van der Waals surface area contributed by atoms with Crippen LogP contribution in [-0.2, 0) is 11.2 Å². The lowest BCUT2D eigenvalue weighted by Gasteiger charge is -2.14. The van der Waals surface area contributed by atoms with Gasteiger partial charge in [0.15, 0.2) is 0 Å². The summed E-state index contributed by atoms with van der Waals surface area (Å²) in [5.74, 6) is 0.844. The van der Waals surface area contributed by atoms with Crippen LogP contribution in [0, 0.1) is 5.92 Å². The van der Waals surface area contributed by atoms with E-state index in [1.807, 2.05) is 18.3 Å². The molecule has 1 N–H and O–H groups in total. The van der Waals surface area contributed by atoms with Crippen molar-refractivity contribution in [3.8, 4) is 0 Å². The number of carbonyl (C=O) groups excluding carboxylic acids is 1. The second-order valence-corrected chi connectivity index (χ2v) is 6.22. The van der Waals surface area contributed by atoms with Crippen molar-refractivity contribution in [1.29, 1.82) is 0 Å². The number of nitrogens with one attached hydrogen (secondary N) is 1. The van der Waals surface area contributed by atoms with Gasteiger partial charge in [0.25, 0.3) is 0 Å². The molecule has 1 saturated heterocycles. The van der Waals surface area contributed by atoms with Crippen LogP contribution in [-0.4, -0.2) is 42.0 Å². The van der Waals surface area contributed by atoms with Crippen molar-refractivity contribution in [2.45, 2.75) is 19.8 Å². The molecule has 116 valence electrons. The van der Waals surface area contributed by atoms with Crippen molar-refractivity contribution in [1.82, 2.24) is 15.2 Å². The summed E-state index contributed by atoms with van der Waals surface area (Å²) in [5, 5.41) is 4.18. The van der Waals surface area contributed by atoms with Gasteiger partial charge in [-0.25, -0.2) is 0 Å². The Morgan fingerprint density at radius 3 is 3.05 bits per heavy atom. The topological polar surface area (TPSA) is 45.2 Å². The average Bonchev–Trinajstić information content (AvgIpc) is 2.92. The summed E-state index contributed by atoms with van der Waals surface area (Å²) in [6.07, 6.45) is 3.84. The van der Waals surface area contributed by atoms with Gasteiger partial charge in [0.2, 0.25) is 5.91 Å². The summed E-state index contributed by atoms with van der Waals surface area (Å²) in [7, 11) is 0. The first-order valence-electron chi connectivity index (χ1n) is 8.04. The van der Waals surface area contributed by atoms with E-state index in [4.69, 9.17) is 0 Å². The third-order valence-electron chi connectivity index (χ3n) is 4.31. The van der Waals surface area contributed by atoms with E-state index in [1.165, 1.54) is 12.0 Å². The number of amides is 1. The van der Waals surface area contributed by atoms with Gasteiger partial charge in [0.1, 0.15) is 0 Å². The highest BCUT2D eigenvalue weighted by molar-refractivity contribution is 5.81. The summed E-state index contributed by atoms with van der Waals surface area (Å²) >= 11 is 0. The fraction of sp³-hybridized carbons (Fsp3) is 0.444. The Morgan fingerprint density at radius 1 is 1.36 bits per heavy atom. The Hall–Kier alpha value is -1.94. The van der Waals surface area contributed by atoms with E-state index in [0.717, 1.165) is 36.3 Å². The van der Waals surface area contributed by atoms with Crippen LogP contribution in [0.2, 0.25) is 0 Å². The number of carbonyl (C=O) groups is 1. The Labute approximate surface area is 131 Å². The molecule has 4 nitrogen and oxygen atoms in total. The smallest absolute Gasteiger partial charge is 0.234 e. The Morgan fingerprint density at radius 2 is 2.23 bits per heavy atom. The molecule has 1 aliphatic rings. The molecule has 3 rings (SSSR count). The van der Waals surface area contributed by atoms with Gasteiger partial charge in [-0.2, -0.15) is 0 Å². The molecule has 1 atom stereocenters. The van der Waals surface area contributed by atoms with Crippen LogP contribution >= 0.6 is 0 Å². The number of likely N-dealkylation sites (tertiary alicyclic amines) is 1. The predicted molar refractivity (Wildman–Crippen MR) is 88.7 cm³/mol. The highest BCUT2D eigenvalue weighted by atomic mass is 16.2. The second kappa shape index (κ2) is 6.88. The van der Waals surface area contributed by atoms with Gasteiger partial charge in [-0.15, -0.1) is 0 Å². The van der Waals surface area contributed by atoms with Crippen LogP contribution in [0.4, 0.5) is 0 Å². The van der Waals surface area contributed by atoms with E-state index in [2.05, 4.69) is 40.3 Å². The number of fused-ring (bicyclic) bond motifs is 1. The largest absolute Gasteiger partial charge is 0.355 e. The number of pyridine rings is 1. The van der Waals surface area contributed by atoms with E-state index in [1.54, 1.807) is 0 Å². The first kappa shape index (κ1) is 15.0. The van der Waals surface area contributed by atoms with Gasteiger partial charge in [0, 0.05) is 24.7 Å². The molecule has 2 aromatic rings. The molecule has 2 heterocycles. The zero-order valence-corrected chi connectivity index (χ0v) is 13.1. The van der Waals surface area contributed by atoms with Gasteiger partial charge in [-0.3, -0.25) is 14.7 Å². The molecule has 0 aliphatic carbocycles. The number of aromatic nitrogens is 1. The van der Waals surface area contributed by atoms with E-state index in [-0.39, 0.29) is 5.91 Å². The Balaban J connectivity index is 1.51. The van der Waals surface area contributed by atoms with E-state index >= 15 is 0 Å². The van der Waals surface area contributed by atoms with E-state index in [9.17, 15) is 4.79 Å². The molecule has 0 spiro atoms. The number of hydrogen-bond donors (Lipinski definition) is 1. The molecule has 1 aromatic carbocycles. The first-order valence-corrected chi connectivity index (χ1v) is 8.04. The number of para-hydroxylation sites is 1. The Kier molecular flexibility index (Phi) is 4.68. The molecule has 1 amide bonds. The molecule has 1 aromatic heterocycles. The van der Waals surface area contributed by atoms with Crippen LogP contribution in [0.25, 0.3) is 10.9 Å². The molecule has 0 bridgehead atoms. The van der Waals surface area contributed by atoms with Crippen LogP contribution in [0.1, 0.15) is 18.9 Å². The minimum Gasteiger partial charge on any atom is -0.355 e. The van der Waals surface area contributed by atoms with Crippen molar-refractivity contribution >= 4 is 16.8 Å². The highest BCUT2D eigenvalue weighted by Gasteiger charge is 2.20. The third-order valence-corrected chi connectivity index (χ3v) is 4.31. The van der Waals surface area contributed by atoms with Crippen LogP contribution in [0.15, 0.2) is 36.5 Å². The van der Waals surface area contributed by atoms with Gasteiger partial charge >= 0.3 is 0 Å². The lowest BCUT2D eigenvalue weighted by molar-refractivity contribution is -0.122. The maximum Gasteiger partial charge on any atom is 0.234 e. The van der Waals surface area contributed by atoms with E-state index < -0.39 is 0 Å². The van der Waals surface area contributed by atoms with Crippen molar-refractivity contribution < 1.29 is 4.79 Å². The molecule has 22 heavy (non-hydrogen) atoms. The highest BCUT2D eigenvalue weighted by Crippen LogP contribution is 2.16. The van der Waals surface area contributed by atoms with Crippen molar-refractivity contribution in [2.75, 3.05) is 26.2 Å². The molecular formula is C18H23N3O.